The number of hydrogen-bond acceptors (Lipinski definition) is 3. The van der Waals surface area contributed by atoms with Gasteiger partial charge in [0.25, 0.3) is 0 Å². The van der Waals surface area contributed by atoms with Crippen LogP contribution in [0.15, 0.2) is 24.3 Å². The second-order valence-corrected chi connectivity index (χ2v) is 9.32. The molecule has 2 atom stereocenters. The second kappa shape index (κ2) is 4.20. The Morgan fingerprint density at radius 2 is 1.94 bits per heavy atom. The van der Waals surface area contributed by atoms with Crippen LogP contribution < -0.4 is 9.92 Å². The summed E-state index contributed by atoms with van der Waals surface area (Å²) < 4.78 is 10.7. The van der Waals surface area contributed by atoms with Crippen molar-refractivity contribution in [1.82, 2.24) is 0 Å². The van der Waals surface area contributed by atoms with E-state index in [-0.39, 0.29) is 18.4 Å². The van der Waals surface area contributed by atoms with Gasteiger partial charge in [-0.2, -0.15) is 0 Å². The highest BCUT2D eigenvalue weighted by Crippen LogP contribution is 2.31. The fraction of sp³-hybridized carbons (Fsp3) is 0.500. The topological polar surface area (TPSA) is 42.0 Å². The molecule has 1 heterocycles. The molecule has 1 N–H and O–H groups in total. The Morgan fingerprint density at radius 3 is 2.38 bits per heavy atom. The minimum atomic E-state index is -1.60. The Bertz CT molecular complexity index is 361. The molecule has 1 aromatic rings. The van der Waals surface area contributed by atoms with Crippen LogP contribution in [0.4, 0.5) is 0 Å². The van der Waals surface area contributed by atoms with Crippen molar-refractivity contribution in [2.24, 2.45) is 0 Å². The first kappa shape index (κ1) is 11.6. The Kier molecular flexibility index (Phi) is 3.05. The molecule has 3 nitrogen and oxygen atoms in total. The summed E-state index contributed by atoms with van der Waals surface area (Å²) in [5.74, 6) is 0.879. The van der Waals surface area contributed by atoms with Gasteiger partial charge < -0.3 is 14.6 Å². The summed E-state index contributed by atoms with van der Waals surface area (Å²) in [5, 5.41) is 10.4. The lowest BCUT2D eigenvalue weighted by Crippen LogP contribution is -2.48. The zero-order valence-corrected chi connectivity index (χ0v) is 10.9. The Labute approximate surface area is 97.0 Å². The third-order valence-corrected chi connectivity index (χ3v) is 7.06. The van der Waals surface area contributed by atoms with Gasteiger partial charge in [-0.3, -0.25) is 0 Å². The third kappa shape index (κ3) is 2.00. The second-order valence-electron chi connectivity index (χ2n) is 4.73. The van der Waals surface area contributed by atoms with E-state index in [1.165, 1.54) is 5.19 Å². The first-order valence-electron chi connectivity index (χ1n) is 5.50. The van der Waals surface area contributed by atoms with Crippen LogP contribution in [0.3, 0.4) is 0 Å². The molecule has 0 aliphatic carbocycles. The highest BCUT2D eigenvalue weighted by molar-refractivity contribution is 6.91. The summed E-state index contributed by atoms with van der Waals surface area (Å²) in [6.07, 6.45) is 0.0590. The van der Waals surface area contributed by atoms with Crippen LogP contribution in [0.2, 0.25) is 13.1 Å². The molecule has 1 fully saturated rings. The maximum absolute atomic E-state index is 9.05. The molecule has 0 amide bonds. The molecular formula is C12H18O3Si. The zero-order chi connectivity index (χ0) is 11.8. The molecule has 88 valence electrons. The molecule has 0 spiro atoms. The van der Waals surface area contributed by atoms with Gasteiger partial charge in [0.1, 0.15) is 19.9 Å². The Morgan fingerprint density at radius 1 is 1.31 bits per heavy atom. The first-order chi connectivity index (χ1) is 7.59. The monoisotopic (exact) mass is 238 g/mol. The normalized spacial score (nSPS) is 24.2. The molecule has 1 aliphatic rings. The fourth-order valence-electron chi connectivity index (χ4n) is 2.10. The van der Waals surface area contributed by atoms with Crippen LogP contribution in [0.25, 0.3) is 0 Å². The summed E-state index contributed by atoms with van der Waals surface area (Å²) in [7, 11) is 0.0668. The molecule has 0 unspecified atom stereocenters. The number of rotatable bonds is 4. The molecular weight excluding hydrogens is 220 g/mol. The molecule has 16 heavy (non-hydrogen) atoms. The number of epoxide rings is 1. The number of aliphatic hydroxyl groups is 1. The molecule has 4 heteroatoms. The zero-order valence-electron chi connectivity index (χ0n) is 9.93. The summed E-state index contributed by atoms with van der Waals surface area (Å²) in [6.45, 7) is 4.68. The van der Waals surface area contributed by atoms with Gasteiger partial charge in [0.15, 0.2) is 0 Å². The molecule has 0 aromatic heterocycles. The Balaban J connectivity index is 2.16. The fourth-order valence-corrected chi connectivity index (χ4v) is 5.01. The van der Waals surface area contributed by atoms with Gasteiger partial charge in [0, 0.05) is 0 Å². The SMILES string of the molecule is COc1ccc([Si](C)(C)[C@@H]2O[C@H]2CO)cc1. The van der Waals surface area contributed by atoms with Gasteiger partial charge in [-0.25, -0.2) is 0 Å². The van der Waals surface area contributed by atoms with Crippen molar-refractivity contribution in [1.29, 1.82) is 0 Å². The smallest absolute Gasteiger partial charge is 0.118 e. The van der Waals surface area contributed by atoms with Crippen molar-refractivity contribution >= 4 is 13.3 Å². The van der Waals surface area contributed by atoms with E-state index in [4.69, 9.17) is 14.6 Å². The highest BCUT2D eigenvalue weighted by Gasteiger charge is 2.51. The minimum absolute atomic E-state index is 0.0590. The number of methoxy groups -OCH3 is 1. The lowest BCUT2D eigenvalue weighted by molar-refractivity contribution is 0.243. The van der Waals surface area contributed by atoms with Crippen LogP contribution in [-0.4, -0.2) is 38.7 Å². The van der Waals surface area contributed by atoms with Crippen molar-refractivity contribution in [3.63, 3.8) is 0 Å². The molecule has 1 aliphatic heterocycles. The predicted octanol–water partition coefficient (Wildman–Crippen LogP) is 0.909. The van der Waals surface area contributed by atoms with E-state index in [9.17, 15) is 0 Å². The lowest BCUT2D eigenvalue weighted by Gasteiger charge is -2.20. The summed E-state index contributed by atoms with van der Waals surface area (Å²) in [5.41, 5.74) is 0.255. The first-order valence-corrected chi connectivity index (χ1v) is 8.58. The molecule has 0 radical (unpaired) electrons. The molecule has 1 saturated heterocycles. The average molecular weight is 238 g/mol. The van der Waals surface area contributed by atoms with Gasteiger partial charge in [-0.1, -0.05) is 30.4 Å². The maximum atomic E-state index is 9.05. The van der Waals surface area contributed by atoms with Gasteiger partial charge in [-0.15, -0.1) is 0 Å². The van der Waals surface area contributed by atoms with Crippen LogP contribution in [-0.2, 0) is 4.74 Å². The van der Waals surface area contributed by atoms with Gasteiger partial charge in [0.05, 0.1) is 19.4 Å². The maximum Gasteiger partial charge on any atom is 0.118 e. The standard InChI is InChI=1S/C12H18O3Si/c1-14-9-4-6-10(7-5-9)16(2,3)12-11(8-13)15-12/h4-7,11-13H,8H2,1-3H3/t11-,12-/m0/s1. The third-order valence-electron chi connectivity index (χ3n) is 3.31. The highest BCUT2D eigenvalue weighted by atomic mass is 28.3. The summed E-state index contributed by atoms with van der Waals surface area (Å²) >= 11 is 0. The number of aliphatic hydroxyl groups excluding tert-OH is 1. The minimum Gasteiger partial charge on any atom is -0.497 e. The molecule has 0 saturated carbocycles. The van der Waals surface area contributed by atoms with E-state index in [1.54, 1.807) is 7.11 Å². The van der Waals surface area contributed by atoms with E-state index < -0.39 is 8.07 Å². The lowest BCUT2D eigenvalue weighted by atomic mass is 10.3. The number of hydrogen-bond donors (Lipinski definition) is 1. The summed E-state index contributed by atoms with van der Waals surface area (Å²) in [6, 6.07) is 8.20. The van der Waals surface area contributed by atoms with Crippen LogP contribution >= 0.6 is 0 Å². The number of benzene rings is 1. The van der Waals surface area contributed by atoms with Crippen molar-refractivity contribution in [2.45, 2.75) is 24.9 Å². The van der Waals surface area contributed by atoms with Crippen molar-refractivity contribution in [2.75, 3.05) is 13.7 Å². The van der Waals surface area contributed by atoms with E-state index >= 15 is 0 Å². The van der Waals surface area contributed by atoms with E-state index in [0.29, 0.717) is 0 Å². The van der Waals surface area contributed by atoms with E-state index in [0.717, 1.165) is 5.75 Å². The number of ether oxygens (including phenoxy) is 2. The Hall–Kier alpha value is -0.843. The van der Waals surface area contributed by atoms with Gasteiger partial charge >= 0.3 is 0 Å². The quantitative estimate of drug-likeness (QED) is 0.626. The summed E-state index contributed by atoms with van der Waals surface area (Å²) in [4.78, 5) is 0. The van der Waals surface area contributed by atoms with Crippen LogP contribution in [0.5, 0.6) is 5.75 Å². The molecule has 2 rings (SSSR count). The van der Waals surface area contributed by atoms with E-state index in [2.05, 4.69) is 25.2 Å². The predicted molar refractivity (Wildman–Crippen MR) is 65.9 cm³/mol. The van der Waals surface area contributed by atoms with Crippen molar-refractivity contribution in [3.8, 4) is 5.75 Å². The van der Waals surface area contributed by atoms with Crippen molar-refractivity contribution < 1.29 is 14.6 Å². The van der Waals surface area contributed by atoms with Crippen LogP contribution in [0.1, 0.15) is 0 Å². The van der Waals surface area contributed by atoms with E-state index in [1.807, 2.05) is 12.1 Å². The van der Waals surface area contributed by atoms with Crippen molar-refractivity contribution in [3.05, 3.63) is 24.3 Å². The van der Waals surface area contributed by atoms with Gasteiger partial charge in [-0.05, 0) is 12.1 Å². The average Bonchev–Trinajstić information content (AvgIpc) is 3.09. The largest absolute Gasteiger partial charge is 0.497 e. The van der Waals surface area contributed by atoms with Gasteiger partial charge in [0.2, 0.25) is 0 Å². The molecule has 1 aromatic carbocycles. The van der Waals surface area contributed by atoms with Crippen LogP contribution in [0, 0.1) is 0 Å². The molecule has 0 bridgehead atoms.